The Morgan fingerprint density at radius 2 is 2.12 bits per heavy atom. The molecule has 0 radical (unpaired) electrons. The summed E-state index contributed by atoms with van der Waals surface area (Å²) in [6.45, 7) is 2.02. The van der Waals surface area contributed by atoms with Gasteiger partial charge in [-0.05, 0) is 31.2 Å². The highest BCUT2D eigenvalue weighted by atomic mass is 35.5. The maximum atomic E-state index is 13.2. The fraction of sp³-hybridized carbons (Fsp3) is 0.118. The van der Waals surface area contributed by atoms with E-state index in [1.807, 2.05) is 24.3 Å². The second-order valence-corrected chi connectivity index (χ2v) is 6.40. The van der Waals surface area contributed by atoms with Crippen molar-refractivity contribution in [2.24, 2.45) is 10.3 Å². The topological polar surface area (TPSA) is 63.0 Å². The first-order valence-electron chi connectivity index (χ1n) is 7.40. The summed E-state index contributed by atoms with van der Waals surface area (Å²) in [6.07, 6.45) is 0. The van der Waals surface area contributed by atoms with Crippen molar-refractivity contribution in [3.05, 3.63) is 58.2 Å². The summed E-state index contributed by atoms with van der Waals surface area (Å²) in [7, 11) is 0. The van der Waals surface area contributed by atoms with Crippen molar-refractivity contribution in [3.8, 4) is 0 Å². The minimum Gasteiger partial charge on any atom is -0.462 e. The average molecular weight is 378 g/mol. The number of carbonyl (C=O) groups is 1. The van der Waals surface area contributed by atoms with Gasteiger partial charge in [-0.1, -0.05) is 35.0 Å². The van der Waals surface area contributed by atoms with Crippen LogP contribution in [0.3, 0.4) is 0 Å². The van der Waals surface area contributed by atoms with E-state index in [2.05, 4.69) is 15.8 Å². The van der Waals surface area contributed by atoms with Crippen LogP contribution in [0, 0.1) is 5.82 Å². The summed E-state index contributed by atoms with van der Waals surface area (Å²) in [5.41, 5.74) is 3.58. The van der Waals surface area contributed by atoms with Gasteiger partial charge in [0.1, 0.15) is 16.4 Å². The smallest absolute Gasteiger partial charge is 0.350 e. The van der Waals surface area contributed by atoms with E-state index in [1.165, 1.54) is 29.5 Å². The fourth-order valence-corrected chi connectivity index (χ4v) is 3.38. The van der Waals surface area contributed by atoms with Gasteiger partial charge in [0.2, 0.25) is 0 Å². The summed E-state index contributed by atoms with van der Waals surface area (Å²) in [5.74, 6) is -0.958. The number of hydrogen-bond donors (Lipinski definition) is 1. The number of fused-ring (bicyclic) bond motifs is 1. The highest BCUT2D eigenvalue weighted by molar-refractivity contribution is 7.21. The normalized spacial score (nSPS) is 11.2. The Kier molecular flexibility index (Phi) is 5.25. The van der Waals surface area contributed by atoms with Crippen LogP contribution in [0.25, 0.3) is 10.1 Å². The van der Waals surface area contributed by atoms with E-state index in [9.17, 15) is 9.18 Å². The number of hydrogen-bond acceptors (Lipinski definition) is 5. The van der Waals surface area contributed by atoms with Crippen LogP contribution in [0.1, 0.15) is 16.6 Å². The summed E-state index contributed by atoms with van der Waals surface area (Å²) in [6, 6.07) is 11.6. The molecular weight excluding hydrogens is 365 g/mol. The van der Waals surface area contributed by atoms with Gasteiger partial charge in [-0.2, -0.15) is 0 Å². The van der Waals surface area contributed by atoms with Crippen LogP contribution < -0.4 is 5.43 Å². The molecule has 0 aliphatic rings. The molecule has 0 unspecified atom stereocenters. The molecule has 0 saturated heterocycles. The molecule has 1 heterocycles. The molecule has 0 fully saturated rings. The highest BCUT2D eigenvalue weighted by Crippen LogP contribution is 2.38. The van der Waals surface area contributed by atoms with Crippen LogP contribution in [0.5, 0.6) is 0 Å². The average Bonchev–Trinajstić information content (AvgIpc) is 2.97. The molecule has 25 heavy (non-hydrogen) atoms. The van der Waals surface area contributed by atoms with Crippen molar-refractivity contribution in [1.29, 1.82) is 0 Å². The van der Waals surface area contributed by atoms with Crippen molar-refractivity contribution in [2.45, 2.75) is 6.92 Å². The molecule has 1 aromatic heterocycles. The first-order chi connectivity index (χ1) is 12.1. The van der Waals surface area contributed by atoms with Gasteiger partial charge in [0, 0.05) is 10.1 Å². The third-order valence-electron chi connectivity index (χ3n) is 3.28. The third-order valence-corrected chi connectivity index (χ3v) is 4.71. The first-order valence-corrected chi connectivity index (χ1v) is 8.60. The van der Waals surface area contributed by atoms with Gasteiger partial charge < -0.3 is 4.74 Å². The van der Waals surface area contributed by atoms with E-state index in [1.54, 1.807) is 6.92 Å². The standard InChI is InChI=1S/C17H13ClFN3O2S/c1-2-24-17(23)16-15(11-5-3-4-6-14(11)25-16)21-22-20-10-7-8-13(19)12(18)9-10/h3-9H,2H2,1H3,(H,20,21). The number of nitrogens with zero attached hydrogens (tertiary/aromatic N) is 2. The van der Waals surface area contributed by atoms with Gasteiger partial charge in [0.15, 0.2) is 0 Å². The summed E-state index contributed by atoms with van der Waals surface area (Å²) in [5, 5.41) is 8.82. The SMILES string of the molecule is CCOC(=O)c1sc2ccccc2c1N=NNc1ccc(F)c(Cl)c1. The molecule has 128 valence electrons. The molecule has 8 heteroatoms. The maximum absolute atomic E-state index is 13.2. The lowest BCUT2D eigenvalue weighted by molar-refractivity contribution is 0.0533. The number of ether oxygens (including phenoxy) is 1. The van der Waals surface area contributed by atoms with Gasteiger partial charge in [-0.15, -0.1) is 16.5 Å². The van der Waals surface area contributed by atoms with Gasteiger partial charge >= 0.3 is 5.97 Å². The number of nitrogens with one attached hydrogen (secondary N) is 1. The zero-order valence-corrected chi connectivity index (χ0v) is 14.7. The summed E-state index contributed by atoms with van der Waals surface area (Å²) >= 11 is 7.02. The molecule has 0 bridgehead atoms. The van der Waals surface area contributed by atoms with Crippen LogP contribution in [0.4, 0.5) is 15.8 Å². The Morgan fingerprint density at radius 1 is 1.32 bits per heavy atom. The summed E-state index contributed by atoms with van der Waals surface area (Å²) in [4.78, 5) is 12.5. The molecular formula is C17H13ClFN3O2S. The number of rotatable bonds is 5. The van der Waals surface area contributed by atoms with E-state index in [0.717, 1.165) is 10.1 Å². The molecule has 2 aromatic carbocycles. The lowest BCUT2D eigenvalue weighted by Crippen LogP contribution is -2.02. The number of halogens is 2. The fourth-order valence-electron chi connectivity index (χ4n) is 2.16. The Balaban J connectivity index is 1.92. The molecule has 0 amide bonds. The Morgan fingerprint density at radius 3 is 2.88 bits per heavy atom. The predicted molar refractivity (Wildman–Crippen MR) is 97.3 cm³/mol. The van der Waals surface area contributed by atoms with Gasteiger partial charge in [-0.25, -0.2) is 9.18 Å². The first kappa shape index (κ1) is 17.3. The molecule has 0 aliphatic heterocycles. The van der Waals surface area contributed by atoms with Crippen LogP contribution in [-0.2, 0) is 4.74 Å². The molecule has 0 aliphatic carbocycles. The molecule has 0 saturated carbocycles. The highest BCUT2D eigenvalue weighted by Gasteiger charge is 2.19. The minimum absolute atomic E-state index is 0.0200. The lowest BCUT2D eigenvalue weighted by atomic mass is 10.2. The van der Waals surface area contributed by atoms with Crippen molar-refractivity contribution in [3.63, 3.8) is 0 Å². The third kappa shape index (κ3) is 3.78. The number of esters is 1. The second kappa shape index (κ2) is 7.58. The van der Waals surface area contributed by atoms with Crippen molar-refractivity contribution in [2.75, 3.05) is 12.0 Å². The lowest BCUT2D eigenvalue weighted by Gasteiger charge is -2.01. The molecule has 5 nitrogen and oxygen atoms in total. The number of thiophene rings is 1. The maximum Gasteiger partial charge on any atom is 0.350 e. The van der Waals surface area contributed by atoms with Gasteiger partial charge in [0.25, 0.3) is 0 Å². The van der Waals surface area contributed by atoms with Crippen LogP contribution >= 0.6 is 22.9 Å². The van der Waals surface area contributed by atoms with E-state index >= 15 is 0 Å². The van der Waals surface area contributed by atoms with Crippen LogP contribution in [0.2, 0.25) is 5.02 Å². The summed E-state index contributed by atoms with van der Waals surface area (Å²) < 4.78 is 19.2. The molecule has 3 aromatic rings. The van der Waals surface area contributed by atoms with Crippen LogP contribution in [0.15, 0.2) is 52.8 Å². The van der Waals surface area contributed by atoms with E-state index in [-0.39, 0.29) is 11.6 Å². The number of carbonyl (C=O) groups excluding carboxylic acids is 1. The van der Waals surface area contributed by atoms with Crippen molar-refractivity contribution < 1.29 is 13.9 Å². The largest absolute Gasteiger partial charge is 0.462 e. The molecule has 1 N–H and O–H groups in total. The Bertz CT molecular complexity index is 958. The van der Waals surface area contributed by atoms with Crippen LogP contribution in [-0.4, -0.2) is 12.6 Å². The number of benzene rings is 2. The Hall–Kier alpha value is -2.51. The molecule has 3 rings (SSSR count). The van der Waals surface area contributed by atoms with E-state index in [4.69, 9.17) is 16.3 Å². The van der Waals surface area contributed by atoms with E-state index in [0.29, 0.717) is 16.3 Å². The van der Waals surface area contributed by atoms with E-state index < -0.39 is 11.8 Å². The zero-order chi connectivity index (χ0) is 17.8. The van der Waals surface area contributed by atoms with Crippen molar-refractivity contribution in [1.82, 2.24) is 0 Å². The Labute approximate surface area is 152 Å². The monoisotopic (exact) mass is 377 g/mol. The van der Waals surface area contributed by atoms with Gasteiger partial charge in [0.05, 0.1) is 17.3 Å². The van der Waals surface area contributed by atoms with Crippen molar-refractivity contribution >= 4 is 50.4 Å². The molecule has 0 atom stereocenters. The quantitative estimate of drug-likeness (QED) is 0.338. The predicted octanol–water partition coefficient (Wildman–Crippen LogP) is 5.98. The number of anilines is 1. The minimum atomic E-state index is -0.516. The van der Waals surface area contributed by atoms with Gasteiger partial charge in [-0.3, -0.25) is 5.43 Å². The second-order valence-electron chi connectivity index (χ2n) is 4.94. The zero-order valence-electron chi connectivity index (χ0n) is 13.1. The molecule has 0 spiro atoms.